The topological polar surface area (TPSA) is 55.1 Å². The monoisotopic (exact) mass is 314 g/mol. The van der Waals surface area contributed by atoms with Gasteiger partial charge in [0.15, 0.2) is 0 Å². The molecule has 6 heteroatoms. The lowest BCUT2D eigenvalue weighted by atomic mass is 9.64. The second-order valence-corrected chi connectivity index (χ2v) is 6.07. The molecule has 0 aromatic heterocycles. The van der Waals surface area contributed by atoms with Crippen LogP contribution in [0.1, 0.15) is 37.3 Å². The summed E-state index contributed by atoms with van der Waals surface area (Å²) < 4.78 is 38.6. The molecule has 1 fully saturated rings. The number of hydrogen-bond donors (Lipinski definition) is 2. The molecule has 2 rings (SSSR count). The zero-order valence-corrected chi connectivity index (χ0v) is 12.5. The van der Waals surface area contributed by atoms with Gasteiger partial charge >= 0.3 is 6.18 Å². The molecule has 0 spiro atoms. The Bertz CT molecular complexity index is 538. The number of halogens is 3. The molecule has 22 heavy (non-hydrogen) atoms. The van der Waals surface area contributed by atoms with Crippen LogP contribution in [0, 0.1) is 5.92 Å². The highest BCUT2D eigenvalue weighted by Crippen LogP contribution is 2.44. The lowest BCUT2D eigenvalue weighted by Gasteiger charge is -2.43. The minimum atomic E-state index is -4.35. The lowest BCUT2D eigenvalue weighted by molar-refractivity contribution is -0.137. The van der Waals surface area contributed by atoms with Gasteiger partial charge in [0.05, 0.1) is 5.56 Å². The van der Waals surface area contributed by atoms with Crippen molar-refractivity contribution in [1.82, 2.24) is 5.32 Å². The lowest BCUT2D eigenvalue weighted by Crippen LogP contribution is -2.47. The third-order valence-electron chi connectivity index (χ3n) is 4.52. The average Bonchev–Trinajstić information content (AvgIpc) is 2.44. The first kappa shape index (κ1) is 16.8. The summed E-state index contributed by atoms with van der Waals surface area (Å²) in [4.78, 5) is 11.8. The number of nitrogens with one attached hydrogen (secondary N) is 1. The second kappa shape index (κ2) is 6.28. The first-order valence-corrected chi connectivity index (χ1v) is 7.44. The van der Waals surface area contributed by atoms with Crippen molar-refractivity contribution >= 4 is 5.91 Å². The largest absolute Gasteiger partial charge is 0.416 e. The van der Waals surface area contributed by atoms with Crippen molar-refractivity contribution in [2.45, 2.75) is 37.8 Å². The number of hydrogen-bond acceptors (Lipinski definition) is 2. The van der Waals surface area contributed by atoms with Crippen LogP contribution in [-0.4, -0.2) is 19.0 Å². The number of benzene rings is 1. The van der Waals surface area contributed by atoms with Crippen LogP contribution in [-0.2, 0) is 16.4 Å². The second-order valence-electron chi connectivity index (χ2n) is 6.07. The van der Waals surface area contributed by atoms with Crippen LogP contribution in [0.5, 0.6) is 0 Å². The maximum atomic E-state index is 12.9. The van der Waals surface area contributed by atoms with E-state index in [0.717, 1.165) is 25.3 Å². The van der Waals surface area contributed by atoms with Crippen LogP contribution in [0.4, 0.5) is 13.2 Å². The molecule has 0 saturated heterocycles. The van der Waals surface area contributed by atoms with Crippen LogP contribution in [0.2, 0.25) is 0 Å². The molecule has 1 aromatic carbocycles. The van der Waals surface area contributed by atoms with Crippen molar-refractivity contribution in [3.05, 3.63) is 35.4 Å². The molecule has 122 valence electrons. The first-order valence-electron chi connectivity index (χ1n) is 7.44. The SMILES string of the molecule is CC(CN)C(=O)NCC1(c2cccc(C(F)(F)F)c2)CCC1. The molecule has 0 radical (unpaired) electrons. The average molecular weight is 314 g/mol. The number of rotatable bonds is 5. The van der Waals surface area contributed by atoms with Crippen molar-refractivity contribution < 1.29 is 18.0 Å². The summed E-state index contributed by atoms with van der Waals surface area (Å²) in [5.74, 6) is -0.445. The summed E-state index contributed by atoms with van der Waals surface area (Å²) in [7, 11) is 0. The van der Waals surface area contributed by atoms with Gasteiger partial charge in [0.2, 0.25) is 5.91 Å². The van der Waals surface area contributed by atoms with E-state index < -0.39 is 11.7 Å². The van der Waals surface area contributed by atoms with E-state index in [0.29, 0.717) is 12.1 Å². The van der Waals surface area contributed by atoms with Crippen molar-refractivity contribution in [2.75, 3.05) is 13.1 Å². The minimum absolute atomic E-state index is 0.152. The van der Waals surface area contributed by atoms with E-state index in [9.17, 15) is 18.0 Å². The Morgan fingerprint density at radius 2 is 2.09 bits per heavy atom. The summed E-state index contributed by atoms with van der Waals surface area (Å²) in [6.07, 6.45) is -1.83. The fourth-order valence-electron chi connectivity index (χ4n) is 2.73. The quantitative estimate of drug-likeness (QED) is 0.878. The van der Waals surface area contributed by atoms with E-state index in [1.165, 1.54) is 12.1 Å². The summed E-state index contributed by atoms with van der Waals surface area (Å²) in [5.41, 5.74) is 5.07. The highest BCUT2D eigenvalue weighted by Gasteiger charge is 2.40. The van der Waals surface area contributed by atoms with Gasteiger partial charge < -0.3 is 11.1 Å². The van der Waals surface area contributed by atoms with Crippen molar-refractivity contribution in [3.63, 3.8) is 0 Å². The van der Waals surface area contributed by atoms with Gasteiger partial charge in [0.1, 0.15) is 0 Å². The maximum Gasteiger partial charge on any atom is 0.416 e. The Morgan fingerprint density at radius 3 is 2.59 bits per heavy atom. The smallest absolute Gasteiger partial charge is 0.355 e. The van der Waals surface area contributed by atoms with Gasteiger partial charge in [-0.2, -0.15) is 13.2 Å². The number of carbonyl (C=O) groups is 1. The van der Waals surface area contributed by atoms with Crippen molar-refractivity contribution in [2.24, 2.45) is 11.7 Å². The van der Waals surface area contributed by atoms with Crippen LogP contribution < -0.4 is 11.1 Å². The third kappa shape index (κ3) is 3.43. The molecule has 3 nitrogen and oxygen atoms in total. The molecule has 3 N–H and O–H groups in total. The number of amides is 1. The first-order chi connectivity index (χ1) is 10.3. The Kier molecular flexibility index (Phi) is 4.80. The molecule has 1 unspecified atom stereocenters. The molecular formula is C16H21F3N2O. The van der Waals surface area contributed by atoms with Gasteiger partial charge in [-0.05, 0) is 24.5 Å². The van der Waals surface area contributed by atoms with Gasteiger partial charge in [-0.3, -0.25) is 4.79 Å². The number of carbonyl (C=O) groups excluding carboxylic acids is 1. The van der Waals surface area contributed by atoms with Crippen molar-refractivity contribution in [1.29, 1.82) is 0 Å². The van der Waals surface area contributed by atoms with Crippen LogP contribution in [0.25, 0.3) is 0 Å². The highest BCUT2D eigenvalue weighted by atomic mass is 19.4. The normalized spacial score (nSPS) is 18.4. The van der Waals surface area contributed by atoms with Gasteiger partial charge in [0, 0.05) is 24.4 Å². The van der Waals surface area contributed by atoms with E-state index in [4.69, 9.17) is 5.73 Å². The molecule has 1 aliphatic carbocycles. The third-order valence-corrected chi connectivity index (χ3v) is 4.52. The van der Waals surface area contributed by atoms with Gasteiger partial charge in [-0.1, -0.05) is 31.5 Å². The summed E-state index contributed by atoms with van der Waals surface area (Å²) in [5, 5.41) is 2.83. The van der Waals surface area contributed by atoms with Gasteiger partial charge in [0.25, 0.3) is 0 Å². The van der Waals surface area contributed by atoms with Crippen LogP contribution in [0.15, 0.2) is 24.3 Å². The van der Waals surface area contributed by atoms with Gasteiger partial charge in [-0.25, -0.2) is 0 Å². The Labute approximate surface area is 128 Å². The predicted molar refractivity (Wildman–Crippen MR) is 78.2 cm³/mol. The van der Waals surface area contributed by atoms with Crippen LogP contribution >= 0.6 is 0 Å². The van der Waals surface area contributed by atoms with E-state index in [1.807, 2.05) is 0 Å². The van der Waals surface area contributed by atoms with E-state index in [2.05, 4.69) is 5.32 Å². The summed E-state index contributed by atoms with van der Waals surface area (Å²) in [6, 6.07) is 5.43. The minimum Gasteiger partial charge on any atom is -0.355 e. The zero-order chi connectivity index (χ0) is 16.4. The molecule has 1 aromatic rings. The highest BCUT2D eigenvalue weighted by molar-refractivity contribution is 5.78. The Balaban J connectivity index is 2.15. The molecule has 0 heterocycles. The molecular weight excluding hydrogens is 293 g/mol. The maximum absolute atomic E-state index is 12.9. The summed E-state index contributed by atoms with van der Waals surface area (Å²) in [6.45, 7) is 2.34. The fourth-order valence-corrected chi connectivity index (χ4v) is 2.73. The van der Waals surface area contributed by atoms with E-state index in [1.54, 1.807) is 13.0 Å². The molecule has 1 saturated carbocycles. The molecule has 1 amide bonds. The Hall–Kier alpha value is -1.56. The summed E-state index contributed by atoms with van der Waals surface area (Å²) >= 11 is 0. The Morgan fingerprint density at radius 1 is 1.41 bits per heavy atom. The molecule has 0 bridgehead atoms. The van der Waals surface area contributed by atoms with E-state index in [-0.39, 0.29) is 23.8 Å². The number of nitrogens with two attached hydrogens (primary N) is 1. The van der Waals surface area contributed by atoms with Crippen LogP contribution in [0.3, 0.4) is 0 Å². The zero-order valence-electron chi connectivity index (χ0n) is 12.5. The molecule has 1 atom stereocenters. The predicted octanol–water partition coefficient (Wildman–Crippen LogP) is 2.84. The standard InChI is InChI=1S/C16H21F3N2O/c1-11(9-20)14(22)21-10-15(6-3-7-15)12-4-2-5-13(8-12)16(17,18)19/h2,4-5,8,11H,3,6-7,9-10,20H2,1H3,(H,21,22). The van der Waals surface area contributed by atoms with Crippen molar-refractivity contribution in [3.8, 4) is 0 Å². The van der Waals surface area contributed by atoms with Gasteiger partial charge in [-0.15, -0.1) is 0 Å². The fraction of sp³-hybridized carbons (Fsp3) is 0.562. The van der Waals surface area contributed by atoms with E-state index >= 15 is 0 Å². The molecule has 0 aliphatic heterocycles. The molecule has 1 aliphatic rings. The number of alkyl halides is 3.